The van der Waals surface area contributed by atoms with Crippen molar-refractivity contribution in [1.82, 2.24) is 19.6 Å². The highest BCUT2D eigenvalue weighted by Gasteiger charge is 2.33. The Hall–Kier alpha value is -3.19. The van der Waals surface area contributed by atoms with E-state index in [1.165, 1.54) is 0 Å². The van der Waals surface area contributed by atoms with Crippen molar-refractivity contribution in [1.29, 1.82) is 0 Å². The van der Waals surface area contributed by atoms with Gasteiger partial charge in [0.2, 0.25) is 0 Å². The van der Waals surface area contributed by atoms with Gasteiger partial charge >= 0.3 is 0 Å². The van der Waals surface area contributed by atoms with Gasteiger partial charge in [-0.05, 0) is 52.2 Å². The van der Waals surface area contributed by atoms with Crippen molar-refractivity contribution in [3.8, 4) is 11.3 Å². The number of anilines is 1. The highest BCUT2D eigenvalue weighted by Crippen LogP contribution is 2.35. The van der Waals surface area contributed by atoms with Crippen LogP contribution in [0.3, 0.4) is 0 Å². The second-order valence-corrected chi connectivity index (χ2v) is 8.45. The number of aromatic nitrogens is 4. The molecule has 5 rings (SSSR count). The van der Waals surface area contributed by atoms with Gasteiger partial charge in [-0.2, -0.15) is 9.61 Å². The standard InChI is InChI=1S/C24H27N5O2/c1-16-17(2)26-22-14-21(20-7-13-31-18(20)3)27-29(22)23(16)28-11-5-8-24(30,9-12-28)19-6-4-10-25-15-19/h4,6-7,10,13-15,30H,5,8-9,11-12H2,1-3H3. The molecular weight excluding hydrogens is 390 g/mol. The monoisotopic (exact) mass is 417 g/mol. The Morgan fingerprint density at radius 1 is 1.13 bits per heavy atom. The predicted molar refractivity (Wildman–Crippen MR) is 119 cm³/mol. The molecule has 1 saturated heterocycles. The Kier molecular flexibility index (Phi) is 4.78. The SMILES string of the molecule is Cc1nc2cc(-c3ccoc3C)nn2c(N2CCCC(O)(c3cccnc3)CC2)c1C. The van der Waals surface area contributed by atoms with E-state index in [0.29, 0.717) is 12.8 Å². The van der Waals surface area contributed by atoms with Crippen LogP contribution in [0.2, 0.25) is 0 Å². The van der Waals surface area contributed by atoms with Gasteiger partial charge in [0, 0.05) is 53.9 Å². The molecule has 1 atom stereocenters. The average Bonchev–Trinajstić information content (AvgIpc) is 3.32. The summed E-state index contributed by atoms with van der Waals surface area (Å²) in [5.74, 6) is 1.89. The first-order valence-electron chi connectivity index (χ1n) is 10.8. The molecule has 7 nitrogen and oxygen atoms in total. The molecule has 0 amide bonds. The molecule has 31 heavy (non-hydrogen) atoms. The van der Waals surface area contributed by atoms with Gasteiger partial charge in [-0.25, -0.2) is 4.98 Å². The Labute approximate surface area is 181 Å². The Morgan fingerprint density at radius 2 is 2.00 bits per heavy atom. The van der Waals surface area contributed by atoms with Gasteiger partial charge in [0.05, 0.1) is 17.6 Å². The van der Waals surface area contributed by atoms with Crippen LogP contribution in [-0.2, 0) is 5.60 Å². The molecule has 7 heteroatoms. The van der Waals surface area contributed by atoms with E-state index >= 15 is 0 Å². The maximum atomic E-state index is 11.4. The number of hydrogen-bond donors (Lipinski definition) is 1. The van der Waals surface area contributed by atoms with E-state index in [1.807, 2.05) is 42.6 Å². The van der Waals surface area contributed by atoms with Gasteiger partial charge in [0.25, 0.3) is 0 Å². The number of aryl methyl sites for hydroxylation is 2. The molecular formula is C24H27N5O2. The Bertz CT molecular complexity index is 1230. The topological polar surface area (TPSA) is 79.7 Å². The van der Waals surface area contributed by atoms with Crippen molar-refractivity contribution in [3.05, 3.63) is 65.5 Å². The second kappa shape index (κ2) is 7.50. The van der Waals surface area contributed by atoms with Gasteiger partial charge in [-0.3, -0.25) is 4.98 Å². The summed E-state index contributed by atoms with van der Waals surface area (Å²) in [7, 11) is 0. The van der Waals surface area contributed by atoms with E-state index in [-0.39, 0.29) is 0 Å². The lowest BCUT2D eigenvalue weighted by Gasteiger charge is -2.28. The van der Waals surface area contributed by atoms with Crippen LogP contribution in [0.25, 0.3) is 16.9 Å². The molecule has 1 N–H and O–H groups in total. The smallest absolute Gasteiger partial charge is 0.158 e. The molecule has 4 aromatic rings. The van der Waals surface area contributed by atoms with Crippen LogP contribution >= 0.6 is 0 Å². The third-order valence-corrected chi connectivity index (χ3v) is 6.50. The van der Waals surface area contributed by atoms with Crippen molar-refractivity contribution in [3.63, 3.8) is 0 Å². The van der Waals surface area contributed by atoms with Crippen molar-refractivity contribution in [2.75, 3.05) is 18.0 Å². The zero-order chi connectivity index (χ0) is 21.6. The van der Waals surface area contributed by atoms with Crippen LogP contribution in [0.5, 0.6) is 0 Å². The van der Waals surface area contributed by atoms with Gasteiger partial charge in [0.1, 0.15) is 11.6 Å². The summed E-state index contributed by atoms with van der Waals surface area (Å²) in [4.78, 5) is 11.3. The van der Waals surface area contributed by atoms with Crippen molar-refractivity contribution in [2.45, 2.75) is 45.6 Å². The number of furan rings is 1. The van der Waals surface area contributed by atoms with Crippen LogP contribution < -0.4 is 4.90 Å². The zero-order valence-electron chi connectivity index (χ0n) is 18.2. The molecule has 0 bridgehead atoms. The predicted octanol–water partition coefficient (Wildman–Crippen LogP) is 4.19. The third kappa shape index (κ3) is 3.39. The van der Waals surface area contributed by atoms with E-state index in [9.17, 15) is 5.11 Å². The minimum atomic E-state index is -0.860. The zero-order valence-corrected chi connectivity index (χ0v) is 18.2. The molecule has 0 spiro atoms. The number of hydrogen-bond acceptors (Lipinski definition) is 6. The van der Waals surface area contributed by atoms with E-state index < -0.39 is 5.60 Å². The largest absolute Gasteiger partial charge is 0.469 e. The summed E-state index contributed by atoms with van der Waals surface area (Å²) >= 11 is 0. The molecule has 160 valence electrons. The van der Waals surface area contributed by atoms with Gasteiger partial charge in [0.15, 0.2) is 5.65 Å². The lowest BCUT2D eigenvalue weighted by atomic mass is 9.88. The van der Waals surface area contributed by atoms with E-state index in [1.54, 1.807) is 18.7 Å². The van der Waals surface area contributed by atoms with E-state index in [4.69, 9.17) is 14.5 Å². The molecule has 1 aliphatic rings. The first-order valence-corrected chi connectivity index (χ1v) is 10.8. The highest BCUT2D eigenvalue weighted by molar-refractivity contribution is 5.68. The van der Waals surface area contributed by atoms with Crippen molar-refractivity contribution >= 4 is 11.5 Å². The molecule has 5 heterocycles. The van der Waals surface area contributed by atoms with Crippen molar-refractivity contribution in [2.24, 2.45) is 0 Å². The molecule has 1 unspecified atom stereocenters. The molecule has 0 radical (unpaired) electrons. The third-order valence-electron chi connectivity index (χ3n) is 6.50. The Morgan fingerprint density at radius 3 is 2.74 bits per heavy atom. The highest BCUT2D eigenvalue weighted by atomic mass is 16.3. The van der Waals surface area contributed by atoms with Gasteiger partial charge in [-0.15, -0.1) is 0 Å². The summed E-state index contributed by atoms with van der Waals surface area (Å²) in [5, 5.41) is 16.3. The van der Waals surface area contributed by atoms with Crippen LogP contribution in [-0.4, -0.2) is 37.8 Å². The van der Waals surface area contributed by atoms with E-state index in [0.717, 1.165) is 64.8 Å². The summed E-state index contributed by atoms with van der Waals surface area (Å²) in [6, 6.07) is 7.81. The normalized spacial score (nSPS) is 19.7. The lowest BCUT2D eigenvalue weighted by molar-refractivity contribution is 0.0241. The van der Waals surface area contributed by atoms with Crippen molar-refractivity contribution < 1.29 is 9.52 Å². The fourth-order valence-corrected chi connectivity index (χ4v) is 4.59. The minimum absolute atomic E-state index is 0.635. The summed E-state index contributed by atoms with van der Waals surface area (Å²) in [5.41, 5.74) is 4.78. The minimum Gasteiger partial charge on any atom is -0.469 e. The first-order chi connectivity index (χ1) is 15.0. The lowest BCUT2D eigenvalue weighted by Crippen LogP contribution is -2.31. The second-order valence-electron chi connectivity index (χ2n) is 8.45. The molecule has 4 aromatic heterocycles. The maximum absolute atomic E-state index is 11.4. The fourth-order valence-electron chi connectivity index (χ4n) is 4.59. The number of rotatable bonds is 3. The quantitative estimate of drug-likeness (QED) is 0.538. The van der Waals surface area contributed by atoms with Crippen LogP contribution in [0.4, 0.5) is 5.82 Å². The number of pyridine rings is 1. The molecule has 0 saturated carbocycles. The number of fused-ring (bicyclic) bond motifs is 1. The average molecular weight is 418 g/mol. The van der Waals surface area contributed by atoms with Crippen LogP contribution in [0.15, 0.2) is 47.3 Å². The van der Waals surface area contributed by atoms with Gasteiger partial charge < -0.3 is 14.4 Å². The summed E-state index contributed by atoms with van der Waals surface area (Å²) < 4.78 is 7.42. The Balaban J connectivity index is 1.54. The van der Waals surface area contributed by atoms with Gasteiger partial charge in [-0.1, -0.05) is 6.07 Å². The molecule has 0 aliphatic carbocycles. The molecule has 1 aliphatic heterocycles. The summed E-state index contributed by atoms with van der Waals surface area (Å²) in [6.07, 6.45) is 7.43. The maximum Gasteiger partial charge on any atom is 0.158 e. The first kappa shape index (κ1) is 19.8. The fraction of sp³-hybridized carbons (Fsp3) is 0.375. The van der Waals surface area contributed by atoms with Crippen LogP contribution in [0.1, 0.15) is 41.8 Å². The number of aliphatic hydroxyl groups is 1. The summed E-state index contributed by atoms with van der Waals surface area (Å²) in [6.45, 7) is 7.66. The molecule has 1 fully saturated rings. The molecule has 0 aromatic carbocycles. The van der Waals surface area contributed by atoms with E-state index in [2.05, 4.69) is 16.8 Å². The number of nitrogens with zero attached hydrogens (tertiary/aromatic N) is 5. The van der Waals surface area contributed by atoms with Crippen LogP contribution in [0, 0.1) is 20.8 Å².